The second-order valence-electron chi connectivity index (χ2n) is 4.81. The van der Waals surface area contributed by atoms with Gasteiger partial charge in [-0.2, -0.15) is 0 Å². The predicted octanol–water partition coefficient (Wildman–Crippen LogP) is 1.59. The van der Waals surface area contributed by atoms with Crippen molar-refractivity contribution in [2.24, 2.45) is 5.84 Å². The van der Waals surface area contributed by atoms with Gasteiger partial charge in [-0.15, -0.1) is 0 Å². The molecular weight excluding hydrogens is 204 g/mol. The van der Waals surface area contributed by atoms with E-state index in [0.717, 1.165) is 25.9 Å². The quantitative estimate of drug-likeness (QED) is 0.491. The molecule has 3 N–H and O–H groups in total. The maximum absolute atomic E-state index is 5.58. The monoisotopic (exact) mass is 230 g/mol. The Morgan fingerprint density at radius 2 is 2.31 bits per heavy atom. The number of hydrazine groups is 1. The topological polar surface area (TPSA) is 56.5 Å². The zero-order valence-corrected chi connectivity index (χ0v) is 10.6. The van der Waals surface area contributed by atoms with Crippen LogP contribution in [0.25, 0.3) is 0 Å². The first kappa shape index (κ1) is 13.9. The highest BCUT2D eigenvalue weighted by Gasteiger charge is 2.16. The molecule has 0 saturated carbocycles. The van der Waals surface area contributed by atoms with Crippen molar-refractivity contribution in [3.8, 4) is 0 Å². The molecule has 0 radical (unpaired) electrons. The standard InChI is InChI=1S/C12H26N2O2/c1-10(2)16-9-11(14-13)5-3-6-12-7-4-8-15-12/h10-12,14H,3-9,13H2,1-2H3. The van der Waals surface area contributed by atoms with Gasteiger partial charge in [-0.05, 0) is 46.0 Å². The maximum Gasteiger partial charge on any atom is 0.0636 e. The fraction of sp³-hybridized carbons (Fsp3) is 1.00. The summed E-state index contributed by atoms with van der Waals surface area (Å²) < 4.78 is 11.1. The minimum atomic E-state index is 0.267. The van der Waals surface area contributed by atoms with E-state index < -0.39 is 0 Å². The van der Waals surface area contributed by atoms with Crippen LogP contribution in [0.2, 0.25) is 0 Å². The van der Waals surface area contributed by atoms with Gasteiger partial charge in [-0.25, -0.2) is 0 Å². The van der Waals surface area contributed by atoms with Crippen molar-refractivity contribution >= 4 is 0 Å². The average molecular weight is 230 g/mol. The van der Waals surface area contributed by atoms with Crippen LogP contribution in [0.15, 0.2) is 0 Å². The van der Waals surface area contributed by atoms with Gasteiger partial charge in [0, 0.05) is 12.6 Å². The van der Waals surface area contributed by atoms with Gasteiger partial charge in [-0.1, -0.05) is 0 Å². The lowest BCUT2D eigenvalue weighted by Gasteiger charge is -2.18. The molecular formula is C12H26N2O2. The highest BCUT2D eigenvalue weighted by Crippen LogP contribution is 2.18. The molecule has 16 heavy (non-hydrogen) atoms. The number of nitrogens with one attached hydrogen (secondary N) is 1. The molecule has 1 heterocycles. The van der Waals surface area contributed by atoms with Crippen LogP contribution in [-0.2, 0) is 9.47 Å². The highest BCUT2D eigenvalue weighted by molar-refractivity contribution is 4.68. The molecule has 96 valence electrons. The average Bonchev–Trinajstić information content (AvgIpc) is 2.75. The van der Waals surface area contributed by atoms with E-state index in [1.807, 2.05) is 13.8 Å². The second kappa shape index (κ2) is 8.01. The number of hydrogen-bond donors (Lipinski definition) is 2. The van der Waals surface area contributed by atoms with Gasteiger partial charge in [-0.3, -0.25) is 11.3 Å². The van der Waals surface area contributed by atoms with Gasteiger partial charge in [0.05, 0.1) is 18.8 Å². The predicted molar refractivity (Wildman–Crippen MR) is 65.0 cm³/mol. The van der Waals surface area contributed by atoms with Crippen molar-refractivity contribution in [2.45, 2.75) is 64.2 Å². The number of nitrogens with two attached hydrogens (primary N) is 1. The zero-order chi connectivity index (χ0) is 11.8. The van der Waals surface area contributed by atoms with E-state index in [0.29, 0.717) is 12.7 Å². The molecule has 1 saturated heterocycles. The van der Waals surface area contributed by atoms with Crippen LogP contribution in [0.5, 0.6) is 0 Å². The Morgan fingerprint density at radius 1 is 1.50 bits per heavy atom. The van der Waals surface area contributed by atoms with Gasteiger partial charge in [0.1, 0.15) is 0 Å². The first-order chi connectivity index (χ1) is 7.72. The van der Waals surface area contributed by atoms with Crippen LogP contribution < -0.4 is 11.3 Å². The van der Waals surface area contributed by atoms with E-state index >= 15 is 0 Å². The van der Waals surface area contributed by atoms with Gasteiger partial charge in [0.25, 0.3) is 0 Å². The first-order valence-corrected chi connectivity index (χ1v) is 6.41. The lowest BCUT2D eigenvalue weighted by Crippen LogP contribution is -2.39. The van der Waals surface area contributed by atoms with Gasteiger partial charge in [0.15, 0.2) is 0 Å². The maximum atomic E-state index is 5.58. The molecule has 2 atom stereocenters. The van der Waals surface area contributed by atoms with Gasteiger partial charge >= 0.3 is 0 Å². The summed E-state index contributed by atoms with van der Waals surface area (Å²) in [5.41, 5.74) is 2.82. The lowest BCUT2D eigenvalue weighted by atomic mass is 10.1. The summed E-state index contributed by atoms with van der Waals surface area (Å²) in [4.78, 5) is 0. The molecule has 0 amide bonds. The Kier molecular flexibility index (Phi) is 6.96. The summed E-state index contributed by atoms with van der Waals surface area (Å²) in [7, 11) is 0. The van der Waals surface area contributed by atoms with Crippen LogP contribution in [0.3, 0.4) is 0 Å². The molecule has 1 rings (SSSR count). The lowest BCUT2D eigenvalue weighted by molar-refractivity contribution is 0.0567. The van der Waals surface area contributed by atoms with E-state index in [9.17, 15) is 0 Å². The molecule has 0 aromatic heterocycles. The summed E-state index contributed by atoms with van der Waals surface area (Å²) in [5.74, 6) is 5.49. The van der Waals surface area contributed by atoms with Gasteiger partial charge in [0.2, 0.25) is 0 Å². The molecule has 1 aliphatic rings. The molecule has 1 aliphatic heterocycles. The largest absolute Gasteiger partial charge is 0.378 e. The third-order valence-corrected chi connectivity index (χ3v) is 2.97. The van der Waals surface area contributed by atoms with Gasteiger partial charge < -0.3 is 9.47 Å². The van der Waals surface area contributed by atoms with Crippen LogP contribution in [0.4, 0.5) is 0 Å². The van der Waals surface area contributed by atoms with Crippen molar-refractivity contribution in [3.63, 3.8) is 0 Å². The third kappa shape index (κ3) is 5.80. The molecule has 4 nitrogen and oxygen atoms in total. The molecule has 0 aliphatic carbocycles. The van der Waals surface area contributed by atoms with Crippen LogP contribution in [0.1, 0.15) is 46.0 Å². The second-order valence-corrected chi connectivity index (χ2v) is 4.81. The van der Waals surface area contributed by atoms with E-state index in [1.165, 1.54) is 12.8 Å². The minimum absolute atomic E-state index is 0.267. The van der Waals surface area contributed by atoms with Crippen LogP contribution >= 0.6 is 0 Å². The summed E-state index contributed by atoms with van der Waals surface area (Å²) in [6.45, 7) is 5.72. The van der Waals surface area contributed by atoms with Crippen LogP contribution in [0, 0.1) is 0 Å². The van der Waals surface area contributed by atoms with Crippen molar-refractivity contribution < 1.29 is 9.47 Å². The van der Waals surface area contributed by atoms with Crippen molar-refractivity contribution in [1.82, 2.24) is 5.43 Å². The SMILES string of the molecule is CC(C)OCC(CCCC1CCCO1)NN. The Labute approximate surface area is 98.8 Å². The summed E-state index contributed by atoms with van der Waals surface area (Å²) in [6, 6.07) is 0.267. The minimum Gasteiger partial charge on any atom is -0.378 e. The van der Waals surface area contributed by atoms with E-state index in [4.69, 9.17) is 15.3 Å². The Bertz CT molecular complexity index is 170. The number of ether oxygens (including phenoxy) is 2. The third-order valence-electron chi connectivity index (χ3n) is 2.97. The summed E-state index contributed by atoms with van der Waals surface area (Å²) in [5, 5.41) is 0. The van der Waals surface area contributed by atoms with E-state index in [1.54, 1.807) is 0 Å². The highest BCUT2D eigenvalue weighted by atomic mass is 16.5. The Balaban J connectivity index is 2.03. The zero-order valence-electron chi connectivity index (χ0n) is 10.6. The Hall–Kier alpha value is -0.160. The molecule has 1 fully saturated rings. The molecule has 0 spiro atoms. The molecule has 4 heteroatoms. The molecule has 0 aromatic carbocycles. The van der Waals surface area contributed by atoms with Crippen molar-refractivity contribution in [1.29, 1.82) is 0 Å². The Morgan fingerprint density at radius 3 is 2.88 bits per heavy atom. The number of hydrogen-bond acceptors (Lipinski definition) is 4. The number of rotatable bonds is 8. The summed E-state index contributed by atoms with van der Waals surface area (Å²) >= 11 is 0. The van der Waals surface area contributed by atoms with E-state index in [-0.39, 0.29) is 12.1 Å². The van der Waals surface area contributed by atoms with Crippen molar-refractivity contribution in [2.75, 3.05) is 13.2 Å². The first-order valence-electron chi connectivity index (χ1n) is 6.41. The molecule has 2 unspecified atom stereocenters. The molecule has 0 bridgehead atoms. The smallest absolute Gasteiger partial charge is 0.0636 e. The van der Waals surface area contributed by atoms with Crippen molar-refractivity contribution in [3.05, 3.63) is 0 Å². The van der Waals surface area contributed by atoms with Crippen LogP contribution in [-0.4, -0.2) is 31.5 Å². The fourth-order valence-corrected chi connectivity index (χ4v) is 1.99. The normalized spacial score (nSPS) is 22.9. The summed E-state index contributed by atoms with van der Waals surface area (Å²) in [6.07, 6.45) is 6.57. The van der Waals surface area contributed by atoms with E-state index in [2.05, 4.69) is 5.43 Å². The molecule has 0 aromatic rings. The fourth-order valence-electron chi connectivity index (χ4n) is 1.99.